The van der Waals surface area contributed by atoms with Crippen LogP contribution in [-0.2, 0) is 17.5 Å². The lowest BCUT2D eigenvalue weighted by molar-refractivity contribution is 0.116. The van der Waals surface area contributed by atoms with Gasteiger partial charge in [0.25, 0.3) is 5.89 Å². The van der Waals surface area contributed by atoms with Crippen molar-refractivity contribution >= 4 is 16.7 Å². The highest BCUT2D eigenvalue weighted by molar-refractivity contribution is 7.86. The minimum atomic E-state index is -2.82. The lowest BCUT2D eigenvalue weighted by Gasteiger charge is -2.24. The van der Waals surface area contributed by atoms with E-state index in [0.29, 0.717) is 23.6 Å². The van der Waals surface area contributed by atoms with E-state index in [0.717, 1.165) is 31.7 Å². The number of rotatable bonds is 10. The van der Waals surface area contributed by atoms with Gasteiger partial charge in [-0.1, -0.05) is 18.2 Å². The Labute approximate surface area is 188 Å². The third-order valence-electron chi connectivity index (χ3n) is 5.29. The summed E-state index contributed by atoms with van der Waals surface area (Å²) < 4.78 is 45.3. The second-order valence-electron chi connectivity index (χ2n) is 7.58. The maximum absolute atomic E-state index is 13.2. The number of hydrogen-bond acceptors (Lipinski definition) is 6. The molecule has 1 aromatic carbocycles. The van der Waals surface area contributed by atoms with Crippen LogP contribution >= 0.6 is 0 Å². The number of benzene rings is 1. The van der Waals surface area contributed by atoms with Crippen molar-refractivity contribution in [1.29, 1.82) is 0 Å². The number of para-hydroxylation sites is 1. The van der Waals surface area contributed by atoms with E-state index in [2.05, 4.69) is 20.1 Å². The first-order valence-corrected chi connectivity index (χ1v) is 11.9. The van der Waals surface area contributed by atoms with Crippen LogP contribution in [-0.4, -0.2) is 49.7 Å². The SMILES string of the molecule is O=S(CCCN1CCCC1)N(Cc1ccc(-c2nnc(C(F)F)o2)cn1)c1ccccc1. The molecule has 1 aliphatic rings. The van der Waals surface area contributed by atoms with E-state index in [-0.39, 0.29) is 5.89 Å². The van der Waals surface area contributed by atoms with E-state index in [1.54, 1.807) is 12.1 Å². The number of nitrogens with zero attached hydrogens (tertiary/aromatic N) is 5. The molecule has 0 aliphatic carbocycles. The fourth-order valence-corrected chi connectivity index (χ4v) is 4.86. The van der Waals surface area contributed by atoms with E-state index in [4.69, 9.17) is 4.42 Å². The third-order valence-corrected chi connectivity index (χ3v) is 6.76. The van der Waals surface area contributed by atoms with Gasteiger partial charge in [0, 0.05) is 17.6 Å². The van der Waals surface area contributed by atoms with Gasteiger partial charge < -0.3 is 9.32 Å². The summed E-state index contributed by atoms with van der Waals surface area (Å²) in [6, 6.07) is 13.0. The first-order chi connectivity index (χ1) is 15.6. The Morgan fingerprint density at radius 3 is 2.53 bits per heavy atom. The minimum Gasteiger partial charge on any atom is -0.415 e. The molecule has 0 spiro atoms. The van der Waals surface area contributed by atoms with E-state index in [9.17, 15) is 13.0 Å². The molecule has 0 saturated carbocycles. The molecule has 2 aromatic heterocycles. The molecule has 7 nitrogen and oxygen atoms in total. The van der Waals surface area contributed by atoms with Crippen LogP contribution in [0.3, 0.4) is 0 Å². The Hall–Kier alpha value is -2.72. The van der Waals surface area contributed by atoms with Gasteiger partial charge in [-0.25, -0.2) is 4.21 Å². The Balaban J connectivity index is 1.43. The molecule has 1 aliphatic heterocycles. The van der Waals surface area contributed by atoms with E-state index in [1.807, 2.05) is 34.6 Å². The van der Waals surface area contributed by atoms with Gasteiger partial charge in [-0.3, -0.25) is 9.29 Å². The standard InChI is InChI=1S/C22H25F2N5O2S/c23-20(24)22-27-26-21(31-22)17-9-10-18(25-15-17)16-29(19-7-2-1-3-8-19)32(30)14-6-13-28-11-4-5-12-28/h1-3,7-10,15,20H,4-6,11-14,16H2. The lowest BCUT2D eigenvalue weighted by atomic mass is 10.2. The average Bonchev–Trinajstić information content (AvgIpc) is 3.51. The molecule has 32 heavy (non-hydrogen) atoms. The number of hydrogen-bond donors (Lipinski definition) is 0. The summed E-state index contributed by atoms with van der Waals surface area (Å²) in [7, 11) is -1.21. The highest BCUT2D eigenvalue weighted by Gasteiger charge is 2.19. The van der Waals surface area contributed by atoms with E-state index < -0.39 is 23.3 Å². The number of pyridine rings is 1. The van der Waals surface area contributed by atoms with Crippen LogP contribution in [0.5, 0.6) is 0 Å². The molecule has 1 saturated heterocycles. The van der Waals surface area contributed by atoms with Gasteiger partial charge in [-0.2, -0.15) is 8.78 Å². The molecule has 1 fully saturated rings. The van der Waals surface area contributed by atoms with Crippen LogP contribution in [0.25, 0.3) is 11.5 Å². The predicted molar refractivity (Wildman–Crippen MR) is 118 cm³/mol. The molecule has 0 N–H and O–H groups in total. The highest BCUT2D eigenvalue weighted by atomic mass is 32.2. The Bertz CT molecular complexity index is 1010. The number of halogens is 2. The van der Waals surface area contributed by atoms with Crippen LogP contribution in [0.2, 0.25) is 0 Å². The number of anilines is 1. The van der Waals surface area contributed by atoms with Crippen molar-refractivity contribution in [2.45, 2.75) is 32.2 Å². The molecule has 0 radical (unpaired) electrons. The summed E-state index contributed by atoms with van der Waals surface area (Å²) in [5, 5.41) is 6.98. The smallest absolute Gasteiger partial charge is 0.314 e. The molecule has 170 valence electrons. The summed E-state index contributed by atoms with van der Waals surface area (Å²) in [5.41, 5.74) is 2.00. The summed E-state index contributed by atoms with van der Waals surface area (Å²) >= 11 is 0. The second kappa shape index (κ2) is 10.7. The summed E-state index contributed by atoms with van der Waals surface area (Å²) in [5.74, 6) is -0.157. The van der Waals surface area contributed by atoms with Crippen LogP contribution in [0.15, 0.2) is 53.1 Å². The van der Waals surface area contributed by atoms with Gasteiger partial charge >= 0.3 is 6.43 Å². The molecule has 1 unspecified atom stereocenters. The van der Waals surface area contributed by atoms with Crippen LogP contribution in [0.4, 0.5) is 14.5 Å². The fraction of sp³-hybridized carbons (Fsp3) is 0.409. The zero-order valence-electron chi connectivity index (χ0n) is 17.6. The predicted octanol–water partition coefficient (Wildman–Crippen LogP) is 4.23. The second-order valence-corrected chi connectivity index (χ2v) is 9.08. The van der Waals surface area contributed by atoms with Crippen molar-refractivity contribution in [1.82, 2.24) is 20.1 Å². The van der Waals surface area contributed by atoms with Crippen LogP contribution in [0, 0.1) is 0 Å². The number of alkyl halides is 2. The normalized spacial score (nSPS) is 15.3. The fourth-order valence-electron chi connectivity index (χ4n) is 3.63. The molecule has 1 atom stereocenters. The highest BCUT2D eigenvalue weighted by Crippen LogP contribution is 2.24. The first kappa shape index (κ1) is 22.5. The van der Waals surface area contributed by atoms with Gasteiger partial charge in [-0.05, 0) is 63.2 Å². The molecule has 4 rings (SSSR count). The Morgan fingerprint density at radius 2 is 1.88 bits per heavy atom. The van der Waals surface area contributed by atoms with E-state index in [1.165, 1.54) is 19.0 Å². The Kier molecular flexibility index (Phi) is 7.54. The first-order valence-electron chi connectivity index (χ1n) is 10.6. The zero-order chi connectivity index (χ0) is 22.3. The minimum absolute atomic E-state index is 0.00949. The van der Waals surface area contributed by atoms with Gasteiger partial charge in [0.1, 0.15) is 11.0 Å². The van der Waals surface area contributed by atoms with Gasteiger partial charge in [-0.15, -0.1) is 10.2 Å². The number of likely N-dealkylation sites (tertiary alicyclic amines) is 1. The maximum atomic E-state index is 13.2. The van der Waals surface area contributed by atoms with Crippen molar-refractivity contribution in [2.24, 2.45) is 0 Å². The van der Waals surface area contributed by atoms with Gasteiger partial charge in [0.05, 0.1) is 17.8 Å². The van der Waals surface area contributed by atoms with Crippen molar-refractivity contribution in [3.8, 4) is 11.5 Å². The lowest BCUT2D eigenvalue weighted by Crippen LogP contribution is -2.29. The molecule has 10 heteroatoms. The van der Waals surface area contributed by atoms with Gasteiger partial charge in [0.2, 0.25) is 5.89 Å². The third kappa shape index (κ3) is 5.74. The summed E-state index contributed by atoms with van der Waals surface area (Å²) in [4.78, 5) is 6.82. The molecular weight excluding hydrogens is 436 g/mol. The van der Waals surface area contributed by atoms with Gasteiger partial charge in [0.15, 0.2) is 0 Å². The maximum Gasteiger partial charge on any atom is 0.314 e. The molecule has 3 heterocycles. The molecule has 0 bridgehead atoms. The molecular formula is C22H25F2N5O2S. The summed E-state index contributed by atoms with van der Waals surface area (Å²) in [6.45, 7) is 3.58. The van der Waals surface area contributed by atoms with Crippen molar-refractivity contribution < 1.29 is 17.4 Å². The topological polar surface area (TPSA) is 75.4 Å². The zero-order valence-corrected chi connectivity index (χ0v) is 18.4. The van der Waals surface area contributed by atoms with Crippen LogP contribution < -0.4 is 4.31 Å². The van der Waals surface area contributed by atoms with E-state index >= 15 is 0 Å². The molecule has 3 aromatic rings. The number of aromatic nitrogens is 3. The largest absolute Gasteiger partial charge is 0.415 e. The molecule has 0 amide bonds. The average molecular weight is 462 g/mol. The van der Waals surface area contributed by atoms with Crippen molar-refractivity contribution in [2.75, 3.05) is 29.7 Å². The van der Waals surface area contributed by atoms with Crippen LogP contribution in [0.1, 0.15) is 37.3 Å². The Morgan fingerprint density at radius 1 is 1.09 bits per heavy atom. The summed E-state index contributed by atoms with van der Waals surface area (Å²) in [6.07, 6.45) is 2.04. The van der Waals surface area contributed by atoms with Crippen molar-refractivity contribution in [3.05, 3.63) is 60.2 Å². The quantitative estimate of drug-likeness (QED) is 0.450. The van der Waals surface area contributed by atoms with Crippen molar-refractivity contribution in [3.63, 3.8) is 0 Å². The monoisotopic (exact) mass is 461 g/mol.